The second kappa shape index (κ2) is 5.76. The molecule has 1 fully saturated rings. The molecular weight excluding hydrogens is 289 g/mol. The Balaban J connectivity index is 2.36. The number of rotatable bonds is 3. The highest BCUT2D eigenvalue weighted by molar-refractivity contribution is 7.91. The van der Waals surface area contributed by atoms with E-state index in [9.17, 15) is 21.6 Å². The third kappa shape index (κ3) is 3.75. The van der Waals surface area contributed by atoms with Crippen molar-refractivity contribution in [1.82, 2.24) is 0 Å². The predicted octanol–water partition coefficient (Wildman–Crippen LogP) is 4.07. The average Bonchev–Trinajstić information content (AvgIpc) is 2.37. The molecule has 1 aliphatic carbocycles. The van der Waals surface area contributed by atoms with E-state index in [4.69, 9.17) is 0 Å². The van der Waals surface area contributed by atoms with Crippen LogP contribution in [0, 0.1) is 0 Å². The quantitative estimate of drug-likeness (QED) is 0.843. The summed E-state index contributed by atoms with van der Waals surface area (Å²) in [5.74, 6) is -1.73. The largest absolute Gasteiger partial charge is 0.403 e. The Hall–Kier alpha value is -1.04. The molecule has 0 N–H and O–H groups in total. The standard InChI is InChI=1S/C14H17F3O2S/c15-14(16,17)10-20(18,19)13-9-5-4-8-12(13)11-6-2-1-3-7-11/h4-5,8-9,11H,1-3,6-7,10H2. The molecule has 0 aromatic heterocycles. The lowest BCUT2D eigenvalue weighted by Gasteiger charge is -2.24. The highest BCUT2D eigenvalue weighted by Crippen LogP contribution is 2.36. The smallest absolute Gasteiger partial charge is 0.223 e. The maximum atomic E-state index is 12.4. The molecule has 0 saturated heterocycles. The van der Waals surface area contributed by atoms with Gasteiger partial charge in [0.2, 0.25) is 0 Å². The zero-order valence-electron chi connectivity index (χ0n) is 11.0. The van der Waals surface area contributed by atoms with Crippen molar-refractivity contribution in [2.75, 3.05) is 5.75 Å². The van der Waals surface area contributed by atoms with Crippen molar-refractivity contribution < 1.29 is 21.6 Å². The zero-order chi connectivity index (χ0) is 14.8. The lowest BCUT2D eigenvalue weighted by atomic mass is 9.84. The molecule has 0 radical (unpaired) electrons. The minimum absolute atomic E-state index is 0.0583. The van der Waals surface area contributed by atoms with Crippen molar-refractivity contribution in [2.24, 2.45) is 0 Å². The summed E-state index contributed by atoms with van der Waals surface area (Å²) in [6.45, 7) is 0. The van der Waals surface area contributed by atoms with Gasteiger partial charge in [-0.3, -0.25) is 0 Å². The van der Waals surface area contributed by atoms with Gasteiger partial charge >= 0.3 is 6.18 Å². The van der Waals surface area contributed by atoms with Crippen molar-refractivity contribution >= 4 is 9.84 Å². The van der Waals surface area contributed by atoms with Crippen LogP contribution >= 0.6 is 0 Å². The van der Waals surface area contributed by atoms with Crippen LogP contribution in [-0.2, 0) is 9.84 Å². The lowest BCUT2D eigenvalue weighted by Crippen LogP contribution is -2.24. The van der Waals surface area contributed by atoms with E-state index in [0.29, 0.717) is 5.56 Å². The van der Waals surface area contributed by atoms with Crippen LogP contribution in [0.4, 0.5) is 13.2 Å². The molecule has 0 atom stereocenters. The van der Waals surface area contributed by atoms with Crippen LogP contribution in [0.2, 0.25) is 0 Å². The fourth-order valence-corrected chi connectivity index (χ4v) is 4.27. The highest BCUT2D eigenvalue weighted by atomic mass is 32.2. The van der Waals surface area contributed by atoms with E-state index in [0.717, 1.165) is 32.1 Å². The molecule has 1 aliphatic rings. The number of hydrogen-bond donors (Lipinski definition) is 0. The Morgan fingerprint density at radius 1 is 1.05 bits per heavy atom. The summed E-state index contributed by atoms with van der Waals surface area (Å²) >= 11 is 0. The van der Waals surface area contributed by atoms with Crippen LogP contribution in [0.3, 0.4) is 0 Å². The van der Waals surface area contributed by atoms with Crippen molar-refractivity contribution in [1.29, 1.82) is 0 Å². The summed E-state index contributed by atoms with van der Waals surface area (Å²) in [7, 11) is -4.32. The van der Waals surface area contributed by atoms with E-state index in [2.05, 4.69) is 0 Å². The number of hydrogen-bond acceptors (Lipinski definition) is 2. The first-order valence-corrected chi connectivity index (χ1v) is 8.33. The van der Waals surface area contributed by atoms with Gasteiger partial charge < -0.3 is 0 Å². The van der Waals surface area contributed by atoms with Crippen molar-refractivity contribution in [3.63, 3.8) is 0 Å². The second-order valence-corrected chi connectivity index (χ2v) is 7.21. The molecule has 0 bridgehead atoms. The summed E-state index contributed by atoms with van der Waals surface area (Å²) in [4.78, 5) is -0.149. The van der Waals surface area contributed by atoms with Gasteiger partial charge in [-0.05, 0) is 30.4 Å². The van der Waals surface area contributed by atoms with Gasteiger partial charge in [0.15, 0.2) is 15.6 Å². The van der Waals surface area contributed by atoms with Gasteiger partial charge in [0.05, 0.1) is 4.90 Å². The Kier molecular flexibility index (Phi) is 4.42. The third-order valence-electron chi connectivity index (χ3n) is 3.65. The van der Waals surface area contributed by atoms with Gasteiger partial charge in [-0.15, -0.1) is 0 Å². The normalized spacial score (nSPS) is 18.1. The Labute approximate surface area is 116 Å². The van der Waals surface area contributed by atoms with Gasteiger partial charge in [-0.25, -0.2) is 8.42 Å². The summed E-state index contributed by atoms with van der Waals surface area (Å²) in [6, 6.07) is 6.12. The SMILES string of the molecule is O=S(=O)(CC(F)(F)F)c1ccccc1C1CCCCC1. The van der Waals surface area contributed by atoms with Crippen molar-refractivity contribution in [2.45, 2.75) is 49.1 Å². The highest BCUT2D eigenvalue weighted by Gasteiger charge is 2.37. The minimum Gasteiger partial charge on any atom is -0.223 e. The van der Waals surface area contributed by atoms with Crippen LogP contribution in [0.15, 0.2) is 29.2 Å². The molecule has 2 nitrogen and oxygen atoms in total. The number of halogens is 3. The number of benzene rings is 1. The fraction of sp³-hybridized carbons (Fsp3) is 0.571. The molecule has 0 aliphatic heterocycles. The molecule has 6 heteroatoms. The van der Waals surface area contributed by atoms with E-state index < -0.39 is 21.8 Å². The van der Waals surface area contributed by atoms with Crippen LogP contribution in [0.5, 0.6) is 0 Å². The molecule has 0 amide bonds. The van der Waals surface area contributed by atoms with Gasteiger partial charge in [0.1, 0.15) is 0 Å². The van der Waals surface area contributed by atoms with Crippen LogP contribution in [0.25, 0.3) is 0 Å². The van der Waals surface area contributed by atoms with Gasteiger partial charge in [0.25, 0.3) is 0 Å². The summed E-state index contributed by atoms with van der Waals surface area (Å²) in [5, 5.41) is 0. The summed E-state index contributed by atoms with van der Waals surface area (Å²) in [5.41, 5.74) is 0.552. The second-order valence-electron chi connectivity index (χ2n) is 5.25. The molecule has 0 spiro atoms. The van der Waals surface area contributed by atoms with Crippen molar-refractivity contribution in [3.8, 4) is 0 Å². The first kappa shape index (κ1) is 15.4. The maximum absolute atomic E-state index is 12.4. The molecule has 1 saturated carbocycles. The predicted molar refractivity (Wildman–Crippen MR) is 70.4 cm³/mol. The molecular formula is C14H17F3O2S. The van der Waals surface area contributed by atoms with Crippen molar-refractivity contribution in [3.05, 3.63) is 29.8 Å². The average molecular weight is 306 g/mol. The molecule has 1 aromatic carbocycles. The minimum atomic E-state index is -4.71. The lowest BCUT2D eigenvalue weighted by molar-refractivity contribution is -0.106. The Bertz CT molecular complexity index is 558. The van der Waals surface area contributed by atoms with Gasteiger partial charge in [0, 0.05) is 0 Å². The molecule has 112 valence electrons. The first-order chi connectivity index (χ1) is 9.30. The monoisotopic (exact) mass is 306 g/mol. The Morgan fingerprint density at radius 3 is 2.25 bits per heavy atom. The molecule has 2 rings (SSSR count). The van der Waals surface area contributed by atoms with Crippen LogP contribution < -0.4 is 0 Å². The summed E-state index contributed by atoms with van der Waals surface area (Å²) in [6.07, 6.45) is 0.0836. The van der Waals surface area contributed by atoms with Crippen LogP contribution in [-0.4, -0.2) is 20.3 Å². The van der Waals surface area contributed by atoms with Crippen LogP contribution in [0.1, 0.15) is 43.6 Å². The van der Waals surface area contributed by atoms with E-state index >= 15 is 0 Å². The zero-order valence-corrected chi connectivity index (χ0v) is 11.8. The van der Waals surface area contributed by atoms with E-state index in [-0.39, 0.29) is 10.8 Å². The van der Waals surface area contributed by atoms with E-state index in [1.165, 1.54) is 12.1 Å². The first-order valence-electron chi connectivity index (χ1n) is 6.68. The third-order valence-corrected chi connectivity index (χ3v) is 5.40. The number of sulfone groups is 1. The molecule has 1 aromatic rings. The molecule has 0 unspecified atom stereocenters. The van der Waals surface area contributed by atoms with Gasteiger partial charge in [-0.2, -0.15) is 13.2 Å². The molecule has 20 heavy (non-hydrogen) atoms. The number of alkyl halides is 3. The van der Waals surface area contributed by atoms with Gasteiger partial charge in [-0.1, -0.05) is 37.5 Å². The van der Waals surface area contributed by atoms with E-state index in [1.807, 2.05) is 0 Å². The molecule has 0 heterocycles. The van der Waals surface area contributed by atoms with E-state index in [1.54, 1.807) is 12.1 Å². The summed E-state index contributed by atoms with van der Waals surface area (Å²) < 4.78 is 61.3. The maximum Gasteiger partial charge on any atom is 0.403 e. The fourth-order valence-electron chi connectivity index (χ4n) is 2.81. The topological polar surface area (TPSA) is 34.1 Å². The Morgan fingerprint density at radius 2 is 1.65 bits per heavy atom.